The molecule has 1 aromatic heterocycles. The Labute approximate surface area is 105 Å². The zero-order chi connectivity index (χ0) is 12.3. The van der Waals surface area contributed by atoms with E-state index in [9.17, 15) is 0 Å². The molecule has 2 heteroatoms. The Bertz CT molecular complexity index is 329. The second kappa shape index (κ2) is 5.26. The lowest BCUT2D eigenvalue weighted by atomic mass is 9.76. The molecule has 0 bridgehead atoms. The van der Waals surface area contributed by atoms with Gasteiger partial charge in [-0.25, -0.2) is 0 Å². The third-order valence-corrected chi connectivity index (χ3v) is 4.26. The fourth-order valence-corrected chi connectivity index (χ4v) is 3.22. The van der Waals surface area contributed by atoms with E-state index in [1.807, 2.05) is 6.26 Å². The van der Waals surface area contributed by atoms with Crippen LogP contribution in [0.4, 0.5) is 0 Å². The molecule has 1 aromatic rings. The topological polar surface area (TPSA) is 25.2 Å². The highest BCUT2D eigenvalue weighted by Gasteiger charge is 2.40. The van der Waals surface area contributed by atoms with Gasteiger partial charge in [0, 0.05) is 11.6 Å². The normalized spacial score (nSPS) is 25.0. The molecule has 2 rings (SSSR count). The van der Waals surface area contributed by atoms with Crippen molar-refractivity contribution >= 4 is 0 Å². The highest BCUT2D eigenvalue weighted by atomic mass is 16.3. The summed E-state index contributed by atoms with van der Waals surface area (Å²) in [6, 6.07) is 2.58. The van der Waals surface area contributed by atoms with E-state index < -0.39 is 0 Å². The summed E-state index contributed by atoms with van der Waals surface area (Å²) in [4.78, 5) is 0. The van der Waals surface area contributed by atoms with Gasteiger partial charge in [0.1, 0.15) is 0 Å². The summed E-state index contributed by atoms with van der Waals surface area (Å²) in [5, 5.41) is 3.71. The monoisotopic (exact) mass is 235 g/mol. The van der Waals surface area contributed by atoms with Gasteiger partial charge in [-0.2, -0.15) is 0 Å². The molecule has 0 amide bonds. The number of rotatable bonds is 5. The summed E-state index contributed by atoms with van der Waals surface area (Å²) in [5.74, 6) is 0.728. The number of nitrogens with one attached hydrogen (secondary N) is 1. The lowest BCUT2D eigenvalue weighted by molar-refractivity contribution is 0.197. The number of furan rings is 1. The fourth-order valence-electron chi connectivity index (χ4n) is 3.22. The van der Waals surface area contributed by atoms with Gasteiger partial charge >= 0.3 is 0 Å². The second-order valence-corrected chi connectivity index (χ2v) is 5.98. The van der Waals surface area contributed by atoms with Crippen LogP contribution in [0.2, 0.25) is 0 Å². The van der Waals surface area contributed by atoms with Crippen molar-refractivity contribution in [3.05, 3.63) is 24.2 Å². The minimum atomic E-state index is 0.447. The summed E-state index contributed by atoms with van der Waals surface area (Å²) < 4.78 is 5.26. The van der Waals surface area contributed by atoms with Crippen LogP contribution >= 0.6 is 0 Å². The molecule has 1 aliphatic rings. The van der Waals surface area contributed by atoms with E-state index in [4.69, 9.17) is 4.42 Å². The van der Waals surface area contributed by atoms with Gasteiger partial charge in [0.15, 0.2) is 0 Å². The number of hydrogen-bond donors (Lipinski definition) is 1. The van der Waals surface area contributed by atoms with Crippen LogP contribution in [-0.4, -0.2) is 6.54 Å². The molecular weight excluding hydrogens is 210 g/mol. The van der Waals surface area contributed by atoms with Gasteiger partial charge in [-0.15, -0.1) is 0 Å². The lowest BCUT2D eigenvalue weighted by Crippen LogP contribution is -2.34. The predicted molar refractivity (Wildman–Crippen MR) is 70.9 cm³/mol. The molecule has 1 aliphatic carbocycles. The van der Waals surface area contributed by atoms with Gasteiger partial charge in [0.25, 0.3) is 0 Å². The first-order valence-electron chi connectivity index (χ1n) is 6.90. The summed E-state index contributed by atoms with van der Waals surface area (Å²) in [7, 11) is 0. The molecule has 2 unspecified atom stereocenters. The molecule has 0 saturated heterocycles. The predicted octanol–water partition coefficient (Wildman–Crippen LogP) is 4.15. The van der Waals surface area contributed by atoms with Gasteiger partial charge in [0.05, 0.1) is 12.5 Å². The van der Waals surface area contributed by atoms with Crippen LogP contribution in [0.3, 0.4) is 0 Å². The fraction of sp³-hybridized carbons (Fsp3) is 0.733. The van der Waals surface area contributed by atoms with Gasteiger partial charge in [-0.05, 0) is 43.2 Å². The molecule has 1 N–H and O–H groups in total. The molecule has 17 heavy (non-hydrogen) atoms. The van der Waals surface area contributed by atoms with Gasteiger partial charge < -0.3 is 9.73 Å². The lowest BCUT2D eigenvalue weighted by Gasteiger charge is -2.34. The first-order valence-corrected chi connectivity index (χ1v) is 6.90. The Morgan fingerprint density at radius 2 is 2.35 bits per heavy atom. The van der Waals surface area contributed by atoms with Crippen molar-refractivity contribution in [1.82, 2.24) is 5.32 Å². The van der Waals surface area contributed by atoms with Crippen LogP contribution in [0.25, 0.3) is 0 Å². The van der Waals surface area contributed by atoms with Crippen molar-refractivity contribution < 1.29 is 4.42 Å². The van der Waals surface area contributed by atoms with Crippen molar-refractivity contribution in [2.75, 3.05) is 6.54 Å². The van der Waals surface area contributed by atoms with Crippen LogP contribution in [0.1, 0.15) is 58.1 Å². The summed E-state index contributed by atoms with van der Waals surface area (Å²) in [5.41, 5.74) is 1.77. The molecule has 0 radical (unpaired) electrons. The van der Waals surface area contributed by atoms with Crippen molar-refractivity contribution in [3.63, 3.8) is 0 Å². The van der Waals surface area contributed by atoms with E-state index in [0.29, 0.717) is 11.5 Å². The van der Waals surface area contributed by atoms with E-state index in [2.05, 4.69) is 32.2 Å². The molecule has 2 atom stereocenters. The molecule has 0 spiro atoms. The minimum absolute atomic E-state index is 0.447. The minimum Gasteiger partial charge on any atom is -0.472 e. The average molecular weight is 235 g/mol. The molecule has 2 nitrogen and oxygen atoms in total. The van der Waals surface area contributed by atoms with Crippen LogP contribution in [0.5, 0.6) is 0 Å². The van der Waals surface area contributed by atoms with E-state index >= 15 is 0 Å². The van der Waals surface area contributed by atoms with E-state index in [-0.39, 0.29) is 0 Å². The van der Waals surface area contributed by atoms with E-state index in [0.717, 1.165) is 12.5 Å². The molecule has 0 aromatic carbocycles. The van der Waals surface area contributed by atoms with E-state index in [1.54, 1.807) is 6.26 Å². The average Bonchev–Trinajstić information content (AvgIpc) is 2.90. The third-order valence-electron chi connectivity index (χ3n) is 4.26. The van der Waals surface area contributed by atoms with Crippen molar-refractivity contribution in [3.8, 4) is 0 Å². The second-order valence-electron chi connectivity index (χ2n) is 5.98. The zero-order valence-corrected chi connectivity index (χ0v) is 11.3. The first kappa shape index (κ1) is 12.7. The SMILES string of the molecule is CCCNC(c1ccoc1)C1CCCC1(C)C. The molecule has 1 saturated carbocycles. The Kier molecular flexibility index (Phi) is 3.93. The molecular formula is C15H25NO. The maximum absolute atomic E-state index is 5.26. The molecule has 1 heterocycles. The van der Waals surface area contributed by atoms with Gasteiger partial charge in [0.2, 0.25) is 0 Å². The smallest absolute Gasteiger partial charge is 0.0950 e. The quantitative estimate of drug-likeness (QED) is 0.829. The largest absolute Gasteiger partial charge is 0.472 e. The van der Waals surface area contributed by atoms with Gasteiger partial charge in [-0.1, -0.05) is 27.2 Å². The van der Waals surface area contributed by atoms with Crippen molar-refractivity contribution in [1.29, 1.82) is 0 Å². The van der Waals surface area contributed by atoms with Crippen LogP contribution in [0, 0.1) is 11.3 Å². The Hall–Kier alpha value is -0.760. The first-order chi connectivity index (χ1) is 8.15. The van der Waals surface area contributed by atoms with Crippen molar-refractivity contribution in [2.45, 2.75) is 52.5 Å². The molecule has 0 aliphatic heterocycles. The summed E-state index contributed by atoms with van der Waals surface area (Å²) in [6.07, 6.45) is 8.92. The van der Waals surface area contributed by atoms with Crippen molar-refractivity contribution in [2.24, 2.45) is 11.3 Å². The molecule has 96 valence electrons. The Morgan fingerprint density at radius 1 is 1.53 bits per heavy atom. The number of hydrogen-bond acceptors (Lipinski definition) is 2. The zero-order valence-electron chi connectivity index (χ0n) is 11.3. The van der Waals surface area contributed by atoms with Crippen LogP contribution in [-0.2, 0) is 0 Å². The standard InChI is InChI=1S/C15H25NO/c1-4-9-16-14(12-7-10-17-11-12)13-6-5-8-15(13,2)3/h7,10-11,13-14,16H,4-6,8-9H2,1-3H3. The maximum atomic E-state index is 5.26. The highest BCUT2D eigenvalue weighted by Crippen LogP contribution is 2.48. The summed E-state index contributed by atoms with van der Waals surface area (Å²) in [6.45, 7) is 8.12. The van der Waals surface area contributed by atoms with Crippen LogP contribution in [0.15, 0.2) is 23.0 Å². The van der Waals surface area contributed by atoms with Crippen LogP contribution < -0.4 is 5.32 Å². The third kappa shape index (κ3) is 2.74. The van der Waals surface area contributed by atoms with E-state index in [1.165, 1.54) is 31.2 Å². The maximum Gasteiger partial charge on any atom is 0.0950 e. The summed E-state index contributed by atoms with van der Waals surface area (Å²) >= 11 is 0. The van der Waals surface area contributed by atoms with Gasteiger partial charge in [-0.3, -0.25) is 0 Å². The molecule has 1 fully saturated rings. The Balaban J connectivity index is 2.15. The Morgan fingerprint density at radius 3 is 2.88 bits per heavy atom. The highest BCUT2D eigenvalue weighted by molar-refractivity contribution is 5.15.